The molecule has 20 heavy (non-hydrogen) atoms. The lowest BCUT2D eigenvalue weighted by Gasteiger charge is -2.46. The smallest absolute Gasteiger partial charge is 0.168 e. The van der Waals surface area contributed by atoms with E-state index in [4.69, 9.17) is 0 Å². The number of hydrogen-bond acceptors (Lipinski definition) is 5. The summed E-state index contributed by atoms with van der Waals surface area (Å²) in [5.74, 6) is -0.0786. The van der Waals surface area contributed by atoms with Gasteiger partial charge < -0.3 is 0 Å². The van der Waals surface area contributed by atoms with E-state index < -0.39 is 11.3 Å². The lowest BCUT2D eigenvalue weighted by Crippen LogP contribution is -2.76. The second-order valence-corrected chi connectivity index (χ2v) is 6.16. The summed E-state index contributed by atoms with van der Waals surface area (Å²) in [6.07, 6.45) is 4.23. The first-order valence-corrected chi connectivity index (χ1v) is 7.18. The van der Waals surface area contributed by atoms with E-state index in [2.05, 4.69) is 16.0 Å². The molecule has 1 aliphatic rings. The largest absolute Gasteiger partial charge is 0.296 e. The van der Waals surface area contributed by atoms with Crippen LogP contribution in [0.2, 0.25) is 0 Å². The van der Waals surface area contributed by atoms with Crippen molar-refractivity contribution in [2.75, 3.05) is 0 Å². The van der Waals surface area contributed by atoms with Gasteiger partial charge in [0.1, 0.15) is 11.3 Å². The molecule has 0 fully saturated rings. The summed E-state index contributed by atoms with van der Waals surface area (Å²) < 4.78 is 0. The molecule has 0 bridgehead atoms. The molecule has 0 amide bonds. The number of rotatable bonds is 6. The predicted octanol–water partition coefficient (Wildman–Crippen LogP) is 1.10. The van der Waals surface area contributed by atoms with Crippen LogP contribution >= 0.6 is 0 Å². The van der Waals surface area contributed by atoms with Crippen molar-refractivity contribution in [1.82, 2.24) is 16.0 Å². The molecule has 0 aliphatic carbocycles. The average molecular weight is 281 g/mol. The van der Waals surface area contributed by atoms with Gasteiger partial charge in [-0.05, 0) is 47.6 Å². The van der Waals surface area contributed by atoms with E-state index in [9.17, 15) is 9.59 Å². The first-order valence-electron chi connectivity index (χ1n) is 7.18. The molecule has 2 unspecified atom stereocenters. The molecule has 1 rings (SSSR count). The van der Waals surface area contributed by atoms with Crippen molar-refractivity contribution >= 4 is 11.6 Å². The van der Waals surface area contributed by atoms with Gasteiger partial charge in [-0.15, -0.1) is 0 Å². The molecule has 1 heterocycles. The molecule has 0 spiro atoms. The zero-order chi connectivity index (χ0) is 15.6. The van der Waals surface area contributed by atoms with Crippen molar-refractivity contribution in [3.8, 4) is 0 Å². The summed E-state index contributed by atoms with van der Waals surface area (Å²) >= 11 is 0. The van der Waals surface area contributed by atoms with E-state index in [0.717, 1.165) is 0 Å². The van der Waals surface area contributed by atoms with Crippen LogP contribution in [0.15, 0.2) is 12.2 Å². The molecule has 5 nitrogen and oxygen atoms in total. The predicted molar refractivity (Wildman–Crippen MR) is 80.3 cm³/mol. The fourth-order valence-corrected chi connectivity index (χ4v) is 2.61. The minimum absolute atomic E-state index is 0.0215. The quantitative estimate of drug-likeness (QED) is 0.636. The van der Waals surface area contributed by atoms with Gasteiger partial charge in [-0.3, -0.25) is 25.5 Å². The van der Waals surface area contributed by atoms with E-state index in [1.54, 1.807) is 6.92 Å². The van der Waals surface area contributed by atoms with Crippen molar-refractivity contribution in [3.63, 3.8) is 0 Å². The molecule has 0 radical (unpaired) electrons. The number of nitrogens with one attached hydrogen (secondary N) is 3. The lowest BCUT2D eigenvalue weighted by atomic mass is 9.89. The van der Waals surface area contributed by atoms with Crippen molar-refractivity contribution in [3.05, 3.63) is 12.2 Å². The fourth-order valence-electron chi connectivity index (χ4n) is 2.61. The second-order valence-electron chi connectivity index (χ2n) is 6.16. The first kappa shape index (κ1) is 17.0. The Labute approximate surface area is 121 Å². The van der Waals surface area contributed by atoms with Crippen molar-refractivity contribution < 1.29 is 9.59 Å². The van der Waals surface area contributed by atoms with Crippen LogP contribution < -0.4 is 16.0 Å². The summed E-state index contributed by atoms with van der Waals surface area (Å²) in [5.41, 5.74) is -1.91. The maximum atomic E-state index is 12.2. The Morgan fingerprint density at radius 3 is 2.00 bits per heavy atom. The van der Waals surface area contributed by atoms with Gasteiger partial charge in [0.05, 0.1) is 0 Å². The number of Topliss-reactive ketones (excluding diaryl/α,β-unsaturated/α-hetero) is 2. The molecule has 5 heteroatoms. The highest BCUT2D eigenvalue weighted by atomic mass is 16.1. The van der Waals surface area contributed by atoms with Gasteiger partial charge in [0.25, 0.3) is 0 Å². The van der Waals surface area contributed by atoms with Crippen LogP contribution in [0.1, 0.15) is 48.0 Å². The van der Waals surface area contributed by atoms with Crippen molar-refractivity contribution in [2.45, 2.75) is 71.4 Å². The first-order chi connectivity index (χ1) is 9.13. The Morgan fingerprint density at radius 1 is 1.05 bits per heavy atom. The molecule has 0 aromatic heterocycles. The molecule has 0 aromatic rings. The van der Waals surface area contributed by atoms with E-state index in [0.29, 0.717) is 6.42 Å². The number of ketones is 2. The summed E-state index contributed by atoms with van der Waals surface area (Å²) in [7, 11) is 0. The van der Waals surface area contributed by atoms with Gasteiger partial charge in [0, 0.05) is 18.5 Å². The highest BCUT2D eigenvalue weighted by molar-refractivity contribution is 5.92. The third-order valence-corrected chi connectivity index (χ3v) is 3.41. The minimum atomic E-state index is -1.00. The normalized spacial score (nSPS) is 30.0. The summed E-state index contributed by atoms with van der Waals surface area (Å²) in [5, 5.41) is 9.75. The number of carbonyl (C=O) groups excluding carboxylic acids is 2. The Balaban J connectivity index is 3.18. The Kier molecular flexibility index (Phi) is 5.24. The monoisotopic (exact) mass is 281 g/mol. The lowest BCUT2D eigenvalue weighted by molar-refractivity contribution is -0.130. The van der Waals surface area contributed by atoms with Crippen LogP contribution in [-0.2, 0) is 9.59 Å². The number of carbonyl (C=O) groups is 2. The zero-order valence-corrected chi connectivity index (χ0v) is 13.3. The molecule has 0 saturated carbocycles. The molecular weight excluding hydrogens is 254 g/mol. The maximum absolute atomic E-state index is 12.2. The molecular formula is C15H27N3O2. The molecule has 114 valence electrons. The Hall–Kier alpha value is -1.04. The molecule has 0 aromatic carbocycles. The van der Waals surface area contributed by atoms with Crippen molar-refractivity contribution in [1.29, 1.82) is 0 Å². The van der Waals surface area contributed by atoms with Crippen LogP contribution in [-0.4, -0.2) is 35.0 Å². The maximum Gasteiger partial charge on any atom is 0.168 e. The topological polar surface area (TPSA) is 70.2 Å². The van der Waals surface area contributed by atoms with Crippen LogP contribution in [0.4, 0.5) is 0 Å². The Morgan fingerprint density at radius 2 is 1.60 bits per heavy atom. The molecule has 0 saturated heterocycles. The van der Waals surface area contributed by atoms with Crippen LogP contribution in [0, 0.1) is 0 Å². The van der Waals surface area contributed by atoms with Gasteiger partial charge in [-0.2, -0.15) is 0 Å². The Bertz CT molecular complexity index is 417. The fraction of sp³-hybridized carbons (Fsp3) is 0.733. The van der Waals surface area contributed by atoms with Crippen LogP contribution in [0.3, 0.4) is 0 Å². The molecule has 2 atom stereocenters. The van der Waals surface area contributed by atoms with Gasteiger partial charge in [0.2, 0.25) is 0 Å². The van der Waals surface area contributed by atoms with Gasteiger partial charge >= 0.3 is 0 Å². The van der Waals surface area contributed by atoms with Gasteiger partial charge in [-0.25, -0.2) is 0 Å². The highest BCUT2D eigenvalue weighted by Crippen LogP contribution is 2.23. The standard InChI is InChI=1S/C15H27N3O2/c1-10(2)16-14(12(5)19)8-7-9-15(18-14,13(6)20)17-11(3)4/h7-8,10-11,16-18H,9H2,1-6H3. The third-order valence-electron chi connectivity index (χ3n) is 3.41. The van der Waals surface area contributed by atoms with Crippen LogP contribution in [0.25, 0.3) is 0 Å². The van der Waals surface area contributed by atoms with Crippen molar-refractivity contribution in [2.24, 2.45) is 0 Å². The van der Waals surface area contributed by atoms with E-state index >= 15 is 0 Å². The highest BCUT2D eigenvalue weighted by Gasteiger charge is 2.47. The van der Waals surface area contributed by atoms with E-state index in [1.165, 1.54) is 6.92 Å². The average Bonchev–Trinajstić information content (AvgIpc) is 2.26. The molecule has 3 N–H and O–H groups in total. The summed E-state index contributed by atoms with van der Waals surface area (Å²) in [6, 6.07) is 0.236. The third kappa shape index (κ3) is 3.53. The zero-order valence-electron chi connectivity index (χ0n) is 13.3. The van der Waals surface area contributed by atoms with Gasteiger partial charge in [0.15, 0.2) is 11.6 Å². The SMILES string of the molecule is CC(=O)C1(NC(C)C)C=CCC(NC(C)C)(C(C)=O)N1. The van der Waals surface area contributed by atoms with E-state index in [1.807, 2.05) is 39.8 Å². The minimum Gasteiger partial charge on any atom is -0.296 e. The molecule has 1 aliphatic heterocycles. The summed E-state index contributed by atoms with van der Waals surface area (Å²) in [4.78, 5) is 24.3. The number of hydrogen-bond donors (Lipinski definition) is 3. The van der Waals surface area contributed by atoms with Gasteiger partial charge in [-0.1, -0.05) is 6.08 Å². The second kappa shape index (κ2) is 6.16. The van der Waals surface area contributed by atoms with Crippen LogP contribution in [0.5, 0.6) is 0 Å². The summed E-state index contributed by atoms with van der Waals surface area (Å²) in [6.45, 7) is 11.0. The van der Waals surface area contributed by atoms with E-state index in [-0.39, 0.29) is 23.7 Å².